The second kappa shape index (κ2) is 15.4. The zero-order valence-electron chi connectivity index (χ0n) is 26.2. The normalized spacial score (nSPS) is 21.4. The number of nitrogens with one attached hydrogen (secondary N) is 2. The summed E-state index contributed by atoms with van der Waals surface area (Å²) in [6.45, 7) is 3.53. The number of nitrogen functional groups attached to an aromatic ring is 1. The van der Waals surface area contributed by atoms with Crippen molar-refractivity contribution >= 4 is 42.4 Å². The van der Waals surface area contributed by atoms with Crippen LogP contribution < -0.4 is 16.4 Å². The fraction of sp³-hybridized carbons (Fsp3) is 0.472. The van der Waals surface area contributed by atoms with Crippen LogP contribution in [0.3, 0.4) is 0 Å². The van der Waals surface area contributed by atoms with Crippen LogP contribution in [0, 0.1) is 18.8 Å². The Bertz CT molecular complexity index is 1450. The number of aromatic nitrogens is 1. The Hall–Kier alpha value is -3.13. The van der Waals surface area contributed by atoms with E-state index in [0.29, 0.717) is 31.4 Å². The lowest BCUT2D eigenvalue weighted by atomic mass is 9.84. The van der Waals surface area contributed by atoms with Gasteiger partial charge in [0.25, 0.3) is 0 Å². The second-order valence-corrected chi connectivity index (χ2v) is 12.8. The first kappa shape index (κ1) is 34.7. The number of pyridine rings is 1. The molecule has 2 amide bonds. The zero-order chi connectivity index (χ0) is 29.8. The number of nitrogens with zero attached hydrogens (tertiary/aromatic N) is 2. The quantitative estimate of drug-likeness (QED) is 0.229. The van der Waals surface area contributed by atoms with Gasteiger partial charge in [0.1, 0.15) is 11.4 Å². The van der Waals surface area contributed by atoms with E-state index in [4.69, 9.17) is 5.73 Å². The highest BCUT2D eigenvalue weighted by molar-refractivity contribution is 5.96. The molecule has 0 radical (unpaired) electrons. The summed E-state index contributed by atoms with van der Waals surface area (Å²) in [5, 5.41) is 6.88. The van der Waals surface area contributed by atoms with Crippen LogP contribution in [0.25, 0.3) is 11.1 Å². The van der Waals surface area contributed by atoms with E-state index in [1.807, 2.05) is 24.0 Å². The number of carbonyl (C=O) groups excluding carboxylic acids is 2. The Balaban J connectivity index is 0.00000230. The SMILES string of the molecule is Cc1nc(N)ccc1CNC(=O)[C@]12C[C@H]1CCCN2C(=O)[C@@H](CC1CCCCC1)NCc1ccccc1-c1ccccc1.Cl.Cl. The van der Waals surface area contributed by atoms with Gasteiger partial charge in [0.15, 0.2) is 0 Å². The average Bonchev–Trinajstić information content (AvgIpc) is 3.80. The summed E-state index contributed by atoms with van der Waals surface area (Å²) in [4.78, 5) is 34.7. The number of fused-ring (bicyclic) bond motifs is 1. The number of hydrogen-bond donors (Lipinski definition) is 3. The second-order valence-electron chi connectivity index (χ2n) is 12.8. The molecule has 3 atom stereocenters. The lowest BCUT2D eigenvalue weighted by Gasteiger charge is -2.39. The lowest BCUT2D eigenvalue weighted by Crippen LogP contribution is -2.59. The van der Waals surface area contributed by atoms with Gasteiger partial charge >= 0.3 is 0 Å². The highest BCUT2D eigenvalue weighted by Crippen LogP contribution is 2.54. The Labute approximate surface area is 280 Å². The fourth-order valence-electron chi connectivity index (χ4n) is 7.54. The third-order valence-electron chi connectivity index (χ3n) is 10.0. The average molecular weight is 653 g/mol. The monoisotopic (exact) mass is 651 g/mol. The Morgan fingerprint density at radius 2 is 1.64 bits per heavy atom. The summed E-state index contributed by atoms with van der Waals surface area (Å²) in [6, 6.07) is 22.2. The molecule has 7 nitrogen and oxygen atoms in total. The number of carbonyl (C=O) groups is 2. The standard InChI is InChI=1S/C36H45N5O2.2ClH/c1-25-28(18-19-33(37)40-25)23-39-35(43)36-22-30(36)16-10-20-41(36)34(42)32(21-26-11-4-2-5-12-26)38-24-29-15-8-9-17-31(29)27-13-6-3-7-14-27;;/h3,6-9,13-15,17-19,26,30,32,38H,2,4-5,10-12,16,20-24H2,1H3,(H2,37,40)(H,39,43);2*1H/t30-,32-,36+;;/m1../s1. The third kappa shape index (κ3) is 7.65. The Morgan fingerprint density at radius 3 is 2.40 bits per heavy atom. The third-order valence-corrected chi connectivity index (χ3v) is 10.0. The molecule has 9 heteroatoms. The Kier molecular flexibility index (Phi) is 11.9. The molecular formula is C36H47Cl2N5O2. The van der Waals surface area contributed by atoms with Gasteiger partial charge in [-0.15, -0.1) is 24.8 Å². The van der Waals surface area contributed by atoms with Crippen LogP contribution in [0.5, 0.6) is 0 Å². The minimum Gasteiger partial charge on any atom is -0.384 e. The number of anilines is 1. The molecule has 2 aliphatic carbocycles. The highest BCUT2D eigenvalue weighted by atomic mass is 35.5. The van der Waals surface area contributed by atoms with Crippen molar-refractivity contribution in [1.29, 1.82) is 0 Å². The van der Waals surface area contributed by atoms with Gasteiger partial charge in [-0.2, -0.15) is 0 Å². The van der Waals surface area contributed by atoms with Crippen LogP contribution in [-0.4, -0.2) is 39.8 Å². The van der Waals surface area contributed by atoms with Gasteiger partial charge in [-0.25, -0.2) is 4.98 Å². The maximum Gasteiger partial charge on any atom is 0.246 e. The molecule has 3 aliphatic rings. The molecule has 2 heterocycles. The molecule has 45 heavy (non-hydrogen) atoms. The van der Waals surface area contributed by atoms with Crippen molar-refractivity contribution in [3.8, 4) is 11.1 Å². The van der Waals surface area contributed by atoms with E-state index in [1.165, 1.54) is 48.8 Å². The van der Waals surface area contributed by atoms with E-state index in [9.17, 15) is 9.59 Å². The van der Waals surface area contributed by atoms with Crippen molar-refractivity contribution in [2.45, 2.75) is 89.4 Å². The number of likely N-dealkylation sites (tertiary alicyclic amines) is 1. The van der Waals surface area contributed by atoms with Crippen LogP contribution >= 0.6 is 24.8 Å². The number of aryl methyl sites for hydroxylation is 1. The van der Waals surface area contributed by atoms with Crippen molar-refractivity contribution in [1.82, 2.24) is 20.5 Å². The van der Waals surface area contributed by atoms with Gasteiger partial charge in [-0.1, -0.05) is 92.8 Å². The molecule has 2 aromatic carbocycles. The number of halogens is 2. The summed E-state index contributed by atoms with van der Waals surface area (Å²) in [5.41, 5.74) is 10.4. The van der Waals surface area contributed by atoms with Crippen LogP contribution in [0.15, 0.2) is 66.7 Å². The van der Waals surface area contributed by atoms with Gasteiger partial charge in [0.05, 0.1) is 6.04 Å². The smallest absolute Gasteiger partial charge is 0.246 e. The molecule has 1 aromatic heterocycles. The highest BCUT2D eigenvalue weighted by Gasteiger charge is 2.66. The van der Waals surface area contributed by atoms with Crippen LogP contribution in [0.2, 0.25) is 0 Å². The number of hydrogen-bond acceptors (Lipinski definition) is 5. The molecule has 1 aliphatic heterocycles. The van der Waals surface area contributed by atoms with Crippen LogP contribution in [0.4, 0.5) is 5.82 Å². The summed E-state index contributed by atoms with van der Waals surface area (Å²) in [7, 11) is 0. The number of nitrogens with two attached hydrogens (primary N) is 1. The summed E-state index contributed by atoms with van der Waals surface area (Å²) in [5.74, 6) is 1.29. The van der Waals surface area contributed by atoms with Crippen LogP contribution in [0.1, 0.15) is 74.6 Å². The summed E-state index contributed by atoms with van der Waals surface area (Å²) in [6.07, 6.45) is 9.61. The van der Waals surface area contributed by atoms with Crippen molar-refractivity contribution < 1.29 is 9.59 Å². The van der Waals surface area contributed by atoms with Crippen molar-refractivity contribution in [3.63, 3.8) is 0 Å². The molecule has 3 fully saturated rings. The molecule has 3 aromatic rings. The molecular weight excluding hydrogens is 605 g/mol. The summed E-state index contributed by atoms with van der Waals surface area (Å²) >= 11 is 0. The van der Waals surface area contributed by atoms with E-state index in [0.717, 1.165) is 36.9 Å². The molecule has 1 saturated heterocycles. The molecule has 0 bridgehead atoms. The van der Waals surface area contributed by atoms with Gasteiger partial charge < -0.3 is 21.3 Å². The molecule has 2 saturated carbocycles. The number of amides is 2. The summed E-state index contributed by atoms with van der Waals surface area (Å²) < 4.78 is 0. The van der Waals surface area contributed by atoms with Gasteiger partial charge in [0, 0.05) is 25.3 Å². The molecule has 242 valence electrons. The molecule has 6 rings (SSSR count). The van der Waals surface area contributed by atoms with E-state index in [2.05, 4.69) is 64.1 Å². The molecule has 0 spiro atoms. The number of piperidine rings is 1. The van der Waals surface area contributed by atoms with Crippen LogP contribution in [-0.2, 0) is 22.7 Å². The van der Waals surface area contributed by atoms with E-state index in [1.54, 1.807) is 6.07 Å². The van der Waals surface area contributed by atoms with Gasteiger partial charge in [-0.05, 0) is 72.8 Å². The molecule has 4 N–H and O–H groups in total. The predicted octanol–water partition coefficient (Wildman–Crippen LogP) is 6.61. The molecule has 0 unspecified atom stereocenters. The zero-order valence-corrected chi connectivity index (χ0v) is 27.8. The largest absolute Gasteiger partial charge is 0.384 e. The van der Waals surface area contributed by atoms with Gasteiger partial charge in [-0.3, -0.25) is 9.59 Å². The minimum absolute atomic E-state index is 0. The van der Waals surface area contributed by atoms with Crippen molar-refractivity contribution in [2.75, 3.05) is 12.3 Å². The van der Waals surface area contributed by atoms with Crippen molar-refractivity contribution in [2.24, 2.45) is 11.8 Å². The fourth-order valence-corrected chi connectivity index (χ4v) is 7.54. The topological polar surface area (TPSA) is 100 Å². The van der Waals surface area contributed by atoms with E-state index >= 15 is 0 Å². The predicted molar refractivity (Wildman–Crippen MR) is 185 cm³/mol. The maximum absolute atomic E-state index is 14.5. The lowest BCUT2D eigenvalue weighted by molar-refractivity contribution is -0.146. The van der Waals surface area contributed by atoms with E-state index in [-0.39, 0.29) is 48.6 Å². The first-order chi connectivity index (χ1) is 21.0. The number of rotatable bonds is 10. The maximum atomic E-state index is 14.5. The first-order valence-corrected chi connectivity index (χ1v) is 16.1. The van der Waals surface area contributed by atoms with E-state index < -0.39 is 5.54 Å². The number of benzene rings is 2. The minimum atomic E-state index is -0.737. The van der Waals surface area contributed by atoms with Gasteiger partial charge in [0.2, 0.25) is 11.8 Å². The first-order valence-electron chi connectivity index (χ1n) is 16.1. The Morgan fingerprint density at radius 1 is 0.911 bits per heavy atom. The van der Waals surface area contributed by atoms with Crippen molar-refractivity contribution in [3.05, 3.63) is 83.6 Å².